The summed E-state index contributed by atoms with van der Waals surface area (Å²) in [6.45, 7) is 4.43. The van der Waals surface area contributed by atoms with Crippen LogP contribution in [-0.4, -0.2) is 31.7 Å². The van der Waals surface area contributed by atoms with E-state index in [1.807, 2.05) is 19.2 Å². The highest BCUT2D eigenvalue weighted by Gasteiger charge is 2.20. The molecule has 1 aromatic carbocycles. The summed E-state index contributed by atoms with van der Waals surface area (Å²) < 4.78 is 5.04. The van der Waals surface area contributed by atoms with Crippen molar-refractivity contribution in [3.05, 3.63) is 28.2 Å². The van der Waals surface area contributed by atoms with E-state index in [0.717, 1.165) is 0 Å². The number of nitrogens with one attached hydrogen (secondary N) is 1. The van der Waals surface area contributed by atoms with E-state index in [9.17, 15) is 4.79 Å². The molecular weight excluding hydrogens is 287 g/mol. The van der Waals surface area contributed by atoms with Crippen molar-refractivity contribution in [2.75, 3.05) is 19.0 Å². The molecule has 4 nitrogen and oxygen atoms in total. The first-order valence-electron chi connectivity index (χ1n) is 6.04. The molecule has 0 aromatic heterocycles. The van der Waals surface area contributed by atoms with Crippen LogP contribution in [0, 0.1) is 0 Å². The molecule has 0 saturated carbocycles. The van der Waals surface area contributed by atoms with Crippen LogP contribution in [0.25, 0.3) is 0 Å². The van der Waals surface area contributed by atoms with Gasteiger partial charge in [-0.2, -0.15) is 0 Å². The highest BCUT2D eigenvalue weighted by molar-refractivity contribution is 6.35. The van der Waals surface area contributed by atoms with Gasteiger partial charge >= 0.3 is 0 Å². The lowest BCUT2D eigenvalue weighted by molar-refractivity contribution is -0.704. The zero-order chi connectivity index (χ0) is 14.4. The van der Waals surface area contributed by atoms with Gasteiger partial charge in [0.05, 0.1) is 17.3 Å². The number of anilines is 1. The van der Waals surface area contributed by atoms with Crippen LogP contribution in [-0.2, 0) is 9.53 Å². The third kappa shape index (κ3) is 5.37. The molecule has 3 N–H and O–H groups in total. The molecule has 2 atom stereocenters. The van der Waals surface area contributed by atoms with E-state index in [0.29, 0.717) is 22.3 Å². The summed E-state index contributed by atoms with van der Waals surface area (Å²) in [6.07, 6.45) is 0. The zero-order valence-corrected chi connectivity index (χ0v) is 12.8. The Balaban J connectivity index is 2.61. The molecule has 0 radical (unpaired) electrons. The first-order valence-corrected chi connectivity index (χ1v) is 6.79. The molecule has 19 heavy (non-hydrogen) atoms. The molecular formula is C13H19Cl2N2O2+. The molecule has 106 valence electrons. The predicted molar refractivity (Wildman–Crippen MR) is 77.8 cm³/mol. The van der Waals surface area contributed by atoms with E-state index in [4.69, 9.17) is 27.9 Å². The van der Waals surface area contributed by atoms with E-state index in [-0.39, 0.29) is 18.0 Å². The van der Waals surface area contributed by atoms with Gasteiger partial charge in [-0.25, -0.2) is 0 Å². The molecule has 0 heterocycles. The summed E-state index contributed by atoms with van der Waals surface area (Å²) in [5.74, 6) is -0.118. The Kier molecular flexibility index (Phi) is 6.58. The largest absolute Gasteiger partial charge is 0.379 e. The number of quaternary nitrogens is 1. The van der Waals surface area contributed by atoms with Crippen molar-refractivity contribution in [2.24, 2.45) is 0 Å². The number of hydrogen-bond donors (Lipinski definition) is 2. The zero-order valence-electron chi connectivity index (χ0n) is 11.2. The average molecular weight is 306 g/mol. The smallest absolute Gasteiger partial charge is 0.282 e. The number of ether oxygens (including phenoxy) is 1. The highest BCUT2D eigenvalue weighted by atomic mass is 35.5. The van der Waals surface area contributed by atoms with Gasteiger partial charge < -0.3 is 15.4 Å². The van der Waals surface area contributed by atoms with E-state index in [1.165, 1.54) is 0 Å². The molecule has 1 aromatic rings. The number of rotatable bonds is 6. The van der Waals surface area contributed by atoms with Crippen LogP contribution in [0.4, 0.5) is 5.69 Å². The minimum absolute atomic E-state index is 0.118. The second kappa shape index (κ2) is 7.70. The standard InChI is InChI=1S/C13H18Cl2N2O2/c1-8(7-19-3)16-9(2)13(18)17-12-6-10(14)4-5-11(12)15/h4-6,8-9,16H,7H2,1-3H3,(H,17,18)/p+1/t8-,9-/m1/s1. The van der Waals surface area contributed by atoms with Crippen molar-refractivity contribution in [2.45, 2.75) is 25.9 Å². The van der Waals surface area contributed by atoms with Gasteiger partial charge in [0.25, 0.3) is 5.91 Å². The molecule has 0 saturated heterocycles. The highest BCUT2D eigenvalue weighted by Crippen LogP contribution is 2.25. The average Bonchev–Trinajstić information content (AvgIpc) is 2.34. The van der Waals surface area contributed by atoms with Crippen LogP contribution < -0.4 is 10.6 Å². The van der Waals surface area contributed by atoms with E-state index >= 15 is 0 Å². The fraction of sp³-hybridized carbons (Fsp3) is 0.462. The summed E-state index contributed by atoms with van der Waals surface area (Å²) >= 11 is 11.9. The fourth-order valence-electron chi connectivity index (χ4n) is 1.74. The minimum atomic E-state index is -0.236. The molecule has 0 fully saturated rings. The predicted octanol–water partition coefficient (Wildman–Crippen LogP) is 1.92. The van der Waals surface area contributed by atoms with Crippen LogP contribution >= 0.6 is 23.2 Å². The van der Waals surface area contributed by atoms with Gasteiger partial charge in [-0.15, -0.1) is 0 Å². The maximum atomic E-state index is 12.0. The SMILES string of the molecule is COC[C@@H](C)[NH2+][C@H](C)C(=O)Nc1cc(Cl)ccc1Cl. The van der Waals surface area contributed by atoms with Crippen molar-refractivity contribution < 1.29 is 14.8 Å². The Labute approximate surface area is 123 Å². The Morgan fingerprint density at radius 1 is 1.42 bits per heavy atom. The molecule has 0 aliphatic carbocycles. The van der Waals surface area contributed by atoms with Crippen LogP contribution in [0.15, 0.2) is 18.2 Å². The summed E-state index contributed by atoms with van der Waals surface area (Å²) in [7, 11) is 1.64. The summed E-state index contributed by atoms with van der Waals surface area (Å²) in [6, 6.07) is 4.94. The van der Waals surface area contributed by atoms with Gasteiger partial charge in [-0.3, -0.25) is 4.79 Å². The summed E-state index contributed by atoms with van der Waals surface area (Å²) in [5, 5.41) is 5.71. The maximum absolute atomic E-state index is 12.0. The number of nitrogens with two attached hydrogens (primary N) is 1. The van der Waals surface area contributed by atoms with Gasteiger partial charge in [0.2, 0.25) is 0 Å². The van der Waals surface area contributed by atoms with Crippen LogP contribution in [0.5, 0.6) is 0 Å². The number of benzene rings is 1. The lowest BCUT2D eigenvalue weighted by atomic mass is 10.2. The molecule has 1 amide bonds. The van der Waals surface area contributed by atoms with Gasteiger partial charge in [0.15, 0.2) is 6.04 Å². The normalized spacial score (nSPS) is 13.9. The number of halogens is 2. The number of amides is 1. The molecule has 0 bridgehead atoms. The third-order valence-corrected chi connectivity index (χ3v) is 3.21. The Morgan fingerprint density at radius 3 is 2.74 bits per heavy atom. The lowest BCUT2D eigenvalue weighted by Crippen LogP contribution is -2.96. The Morgan fingerprint density at radius 2 is 2.11 bits per heavy atom. The second-order valence-electron chi connectivity index (χ2n) is 4.53. The maximum Gasteiger partial charge on any atom is 0.282 e. The van der Waals surface area contributed by atoms with Crippen LogP contribution in [0.1, 0.15) is 13.8 Å². The van der Waals surface area contributed by atoms with Gasteiger partial charge in [0, 0.05) is 12.1 Å². The number of carbonyl (C=O) groups excluding carboxylic acids is 1. The first-order chi connectivity index (χ1) is 8.93. The molecule has 1 rings (SSSR count). The molecule has 6 heteroatoms. The van der Waals surface area contributed by atoms with E-state index in [2.05, 4.69) is 5.32 Å². The van der Waals surface area contributed by atoms with Crippen molar-refractivity contribution in [1.29, 1.82) is 0 Å². The monoisotopic (exact) mass is 305 g/mol. The van der Waals surface area contributed by atoms with E-state index < -0.39 is 0 Å². The molecule has 0 aliphatic rings. The van der Waals surface area contributed by atoms with Crippen molar-refractivity contribution in [3.63, 3.8) is 0 Å². The van der Waals surface area contributed by atoms with Gasteiger partial charge in [0.1, 0.15) is 6.04 Å². The number of hydrogen-bond acceptors (Lipinski definition) is 2. The number of methoxy groups -OCH3 is 1. The van der Waals surface area contributed by atoms with Crippen molar-refractivity contribution >= 4 is 34.8 Å². The van der Waals surface area contributed by atoms with Crippen molar-refractivity contribution in [1.82, 2.24) is 0 Å². The second-order valence-corrected chi connectivity index (χ2v) is 5.37. The van der Waals surface area contributed by atoms with Gasteiger partial charge in [-0.05, 0) is 32.0 Å². The summed E-state index contributed by atoms with van der Waals surface area (Å²) in [5.41, 5.74) is 0.527. The van der Waals surface area contributed by atoms with Crippen LogP contribution in [0.3, 0.4) is 0 Å². The fourth-order valence-corrected chi connectivity index (χ4v) is 2.08. The number of carbonyl (C=O) groups is 1. The molecule has 0 aliphatic heterocycles. The quantitative estimate of drug-likeness (QED) is 0.843. The lowest BCUT2D eigenvalue weighted by Gasteiger charge is -2.16. The topological polar surface area (TPSA) is 54.9 Å². The van der Waals surface area contributed by atoms with Crippen LogP contribution in [0.2, 0.25) is 10.0 Å². The molecule has 0 unspecified atom stereocenters. The molecule has 0 spiro atoms. The minimum Gasteiger partial charge on any atom is -0.379 e. The third-order valence-electron chi connectivity index (χ3n) is 2.65. The van der Waals surface area contributed by atoms with Crippen molar-refractivity contribution in [3.8, 4) is 0 Å². The van der Waals surface area contributed by atoms with E-state index in [1.54, 1.807) is 25.3 Å². The Bertz CT molecular complexity index is 441. The Hall–Kier alpha value is -0.810. The first kappa shape index (κ1) is 16.2. The van der Waals surface area contributed by atoms with Gasteiger partial charge in [-0.1, -0.05) is 23.2 Å². The summed E-state index contributed by atoms with van der Waals surface area (Å²) in [4.78, 5) is 12.0.